The van der Waals surface area contributed by atoms with Gasteiger partial charge in [-0.2, -0.15) is 0 Å². The van der Waals surface area contributed by atoms with Crippen LogP contribution in [0.2, 0.25) is 0 Å². The van der Waals surface area contributed by atoms with E-state index in [4.69, 9.17) is 4.74 Å². The van der Waals surface area contributed by atoms with Crippen LogP contribution in [0.25, 0.3) is 0 Å². The van der Waals surface area contributed by atoms with Crippen molar-refractivity contribution in [1.82, 2.24) is 0 Å². The van der Waals surface area contributed by atoms with Crippen LogP contribution in [-0.4, -0.2) is 19.0 Å². The van der Waals surface area contributed by atoms with E-state index >= 15 is 0 Å². The van der Waals surface area contributed by atoms with Gasteiger partial charge in [-0.05, 0) is 38.5 Å². The number of rotatable bonds is 37. The van der Waals surface area contributed by atoms with Gasteiger partial charge in [0.05, 0.1) is 0 Å². The first-order valence-electron chi connectivity index (χ1n) is 19.2. The van der Waals surface area contributed by atoms with Crippen LogP contribution in [0, 0.1) is 6.42 Å². The minimum absolute atomic E-state index is 0.478. The fraction of sp³-hybridized carbons (Fsp3) is 0.949. The van der Waals surface area contributed by atoms with Crippen LogP contribution in [0.1, 0.15) is 226 Å². The van der Waals surface area contributed by atoms with Gasteiger partial charge in [0.15, 0.2) is 0 Å². The molecule has 0 bridgehead atoms. The quantitative estimate of drug-likeness (QED) is 0.0686. The van der Waals surface area contributed by atoms with Crippen molar-refractivity contribution in [3.8, 4) is 0 Å². The number of Topliss-reactive ketones (excluding diaryl/α,β-unsaturated/α-hetero) is 1. The molecule has 0 amide bonds. The second-order valence-electron chi connectivity index (χ2n) is 13.1. The molecular weight excluding hydrogens is 500 g/mol. The van der Waals surface area contributed by atoms with Gasteiger partial charge >= 0.3 is 0 Å². The summed E-state index contributed by atoms with van der Waals surface area (Å²) in [4.78, 5) is 12.1. The van der Waals surface area contributed by atoms with Crippen LogP contribution >= 0.6 is 0 Å². The van der Waals surface area contributed by atoms with Gasteiger partial charge in [0.2, 0.25) is 0 Å². The summed E-state index contributed by atoms with van der Waals surface area (Å²) in [6.07, 6.45) is 45.9. The Kier molecular flexibility index (Phi) is 37.3. The van der Waals surface area contributed by atoms with Gasteiger partial charge in [-0.15, -0.1) is 0 Å². The molecule has 0 saturated heterocycles. The lowest BCUT2D eigenvalue weighted by atomic mass is 10.0. The molecule has 0 unspecified atom stereocenters. The summed E-state index contributed by atoms with van der Waals surface area (Å²) in [5.74, 6) is 0.478. The average Bonchev–Trinajstić information content (AvgIpc) is 2.98. The van der Waals surface area contributed by atoms with Gasteiger partial charge in [0.1, 0.15) is 5.78 Å². The van der Waals surface area contributed by atoms with Crippen molar-refractivity contribution in [3.63, 3.8) is 0 Å². The Balaban J connectivity index is 3.13. The van der Waals surface area contributed by atoms with E-state index < -0.39 is 0 Å². The van der Waals surface area contributed by atoms with E-state index in [0.29, 0.717) is 5.78 Å². The monoisotopic (exact) mass is 578 g/mol. The first kappa shape index (κ1) is 40.6. The van der Waals surface area contributed by atoms with E-state index in [1.54, 1.807) is 0 Å². The molecule has 2 heteroatoms. The normalized spacial score (nSPS) is 11.5. The number of ether oxygens (including phenoxy) is 1. The fourth-order valence-corrected chi connectivity index (χ4v) is 5.90. The van der Waals surface area contributed by atoms with Crippen molar-refractivity contribution >= 4 is 5.78 Å². The molecule has 0 aliphatic heterocycles. The number of carbonyl (C=O) groups excluding carboxylic acids is 1. The molecule has 245 valence electrons. The number of hydrogen-bond acceptors (Lipinski definition) is 2. The Morgan fingerprint density at radius 2 is 0.732 bits per heavy atom. The molecule has 0 aromatic heterocycles. The predicted molar refractivity (Wildman–Crippen MR) is 184 cm³/mol. The molecule has 0 aliphatic rings. The Hall–Kier alpha value is -0.370. The Bertz CT molecular complexity index is 474. The smallest absolute Gasteiger partial charge is 0.132 e. The summed E-state index contributed by atoms with van der Waals surface area (Å²) in [6, 6.07) is 0. The van der Waals surface area contributed by atoms with E-state index in [0.717, 1.165) is 51.7 Å². The lowest BCUT2D eigenvalue weighted by Gasteiger charge is -2.05. The summed E-state index contributed by atoms with van der Waals surface area (Å²) in [7, 11) is 0. The largest absolute Gasteiger partial charge is 0.381 e. The van der Waals surface area contributed by atoms with Crippen molar-refractivity contribution in [2.45, 2.75) is 226 Å². The van der Waals surface area contributed by atoms with E-state index in [1.807, 2.05) is 0 Å². The molecule has 0 rings (SSSR count). The third-order valence-corrected chi connectivity index (χ3v) is 8.78. The molecule has 0 fully saturated rings. The summed E-state index contributed by atoms with van der Waals surface area (Å²) in [5.41, 5.74) is 0. The summed E-state index contributed by atoms with van der Waals surface area (Å²) < 4.78 is 5.80. The highest BCUT2D eigenvalue weighted by molar-refractivity contribution is 5.78. The molecule has 0 saturated carbocycles. The second kappa shape index (κ2) is 37.7. The van der Waals surface area contributed by atoms with Gasteiger partial charge in [-0.25, -0.2) is 0 Å². The Morgan fingerprint density at radius 3 is 1.15 bits per heavy atom. The SMILES string of the molecule is CCCCCCCCCCCCCCCCOCC[CH]CCCC(=O)CCCCCCCCCCCCCCCC. The number of unbranched alkanes of at least 4 members (excludes halogenated alkanes) is 29. The molecule has 1 radical (unpaired) electrons. The molecule has 41 heavy (non-hydrogen) atoms. The lowest BCUT2D eigenvalue weighted by molar-refractivity contribution is -0.119. The molecule has 0 aliphatic carbocycles. The zero-order valence-electron chi connectivity index (χ0n) is 28.6. The molecule has 0 atom stereocenters. The summed E-state index contributed by atoms with van der Waals surface area (Å²) >= 11 is 0. The van der Waals surface area contributed by atoms with Gasteiger partial charge < -0.3 is 4.74 Å². The highest BCUT2D eigenvalue weighted by Crippen LogP contribution is 2.15. The van der Waals surface area contributed by atoms with Crippen LogP contribution < -0.4 is 0 Å². The van der Waals surface area contributed by atoms with Crippen molar-refractivity contribution in [1.29, 1.82) is 0 Å². The van der Waals surface area contributed by atoms with Gasteiger partial charge in [0, 0.05) is 26.1 Å². The van der Waals surface area contributed by atoms with Crippen molar-refractivity contribution in [2.75, 3.05) is 13.2 Å². The summed E-state index contributed by atoms with van der Waals surface area (Å²) in [6.45, 7) is 6.36. The molecule has 0 aromatic carbocycles. The summed E-state index contributed by atoms with van der Waals surface area (Å²) in [5, 5.41) is 0. The third kappa shape index (κ3) is 37.6. The van der Waals surface area contributed by atoms with Gasteiger partial charge in [0.25, 0.3) is 0 Å². The maximum Gasteiger partial charge on any atom is 0.132 e. The molecule has 0 N–H and O–H groups in total. The zero-order chi connectivity index (χ0) is 29.7. The maximum absolute atomic E-state index is 12.1. The topological polar surface area (TPSA) is 26.3 Å². The lowest BCUT2D eigenvalue weighted by Crippen LogP contribution is -1.99. The molecule has 0 heterocycles. The zero-order valence-corrected chi connectivity index (χ0v) is 28.6. The molecular formula is C39H77O2. The van der Waals surface area contributed by atoms with Crippen LogP contribution in [0.3, 0.4) is 0 Å². The number of ketones is 1. The van der Waals surface area contributed by atoms with E-state index in [-0.39, 0.29) is 0 Å². The Labute approximate surface area is 260 Å². The number of carbonyl (C=O) groups is 1. The van der Waals surface area contributed by atoms with E-state index in [9.17, 15) is 4.79 Å². The van der Waals surface area contributed by atoms with Crippen LogP contribution in [0.15, 0.2) is 0 Å². The second-order valence-corrected chi connectivity index (χ2v) is 13.1. The van der Waals surface area contributed by atoms with Gasteiger partial charge in [-0.1, -0.05) is 181 Å². The maximum atomic E-state index is 12.1. The fourth-order valence-electron chi connectivity index (χ4n) is 5.90. The highest BCUT2D eigenvalue weighted by atomic mass is 16.5. The minimum atomic E-state index is 0.478. The third-order valence-electron chi connectivity index (χ3n) is 8.78. The van der Waals surface area contributed by atoms with E-state index in [2.05, 4.69) is 20.3 Å². The van der Waals surface area contributed by atoms with Gasteiger partial charge in [-0.3, -0.25) is 4.79 Å². The van der Waals surface area contributed by atoms with Crippen LogP contribution in [0.4, 0.5) is 0 Å². The van der Waals surface area contributed by atoms with E-state index in [1.165, 1.54) is 173 Å². The highest BCUT2D eigenvalue weighted by Gasteiger charge is 2.02. The molecule has 0 aromatic rings. The van der Waals surface area contributed by atoms with Crippen molar-refractivity contribution < 1.29 is 9.53 Å². The first-order valence-corrected chi connectivity index (χ1v) is 19.2. The van der Waals surface area contributed by atoms with Crippen LogP contribution in [-0.2, 0) is 9.53 Å². The van der Waals surface area contributed by atoms with Crippen molar-refractivity contribution in [3.05, 3.63) is 6.42 Å². The number of hydrogen-bond donors (Lipinski definition) is 0. The Morgan fingerprint density at radius 1 is 0.390 bits per heavy atom. The predicted octanol–water partition coefficient (Wildman–Crippen LogP) is 13.7. The molecule has 2 nitrogen and oxygen atoms in total. The van der Waals surface area contributed by atoms with Crippen molar-refractivity contribution in [2.24, 2.45) is 0 Å². The van der Waals surface area contributed by atoms with Crippen LogP contribution in [0.5, 0.6) is 0 Å². The average molecular weight is 578 g/mol. The first-order chi connectivity index (χ1) is 20.3. The standard InChI is InChI=1S/C39H77O2/c1-3-5-7-9-11-13-15-17-19-21-23-25-27-31-35-39(40)36-32-28-30-34-38-41-37-33-29-26-24-22-20-18-16-14-12-10-8-6-4-2/h30H,3-29,31-38H2,1-2H3. The molecule has 0 spiro atoms. The minimum Gasteiger partial charge on any atom is -0.381 e.